The van der Waals surface area contributed by atoms with Crippen molar-refractivity contribution in [1.82, 2.24) is 0 Å². The summed E-state index contributed by atoms with van der Waals surface area (Å²) in [5, 5.41) is 17.5. The Bertz CT molecular complexity index is 181. The number of hydrogen-bond acceptors (Lipinski definition) is 4. The number of nitrogens with zero attached hydrogens (tertiary/aromatic N) is 1. The van der Waals surface area contributed by atoms with Gasteiger partial charge in [0.15, 0.2) is 8.03 Å². The van der Waals surface area contributed by atoms with Crippen molar-refractivity contribution in [3.05, 3.63) is 0 Å². The Morgan fingerprint density at radius 1 is 1.43 bits per heavy atom. The SMILES string of the molecule is C[N+](C)(C)CCO[PH](=O)CC(O)CO. The zero-order valence-corrected chi connectivity index (χ0v) is 10.1. The first-order valence-corrected chi connectivity index (χ1v) is 6.12. The lowest BCUT2D eigenvalue weighted by Crippen LogP contribution is -2.37. The van der Waals surface area contributed by atoms with Crippen molar-refractivity contribution in [2.75, 3.05) is 47.1 Å². The molecule has 0 aliphatic carbocycles. The van der Waals surface area contributed by atoms with E-state index in [1.54, 1.807) is 0 Å². The van der Waals surface area contributed by atoms with Gasteiger partial charge >= 0.3 is 0 Å². The summed E-state index contributed by atoms with van der Waals surface area (Å²) in [7, 11) is 3.86. The summed E-state index contributed by atoms with van der Waals surface area (Å²) in [5.41, 5.74) is 0. The lowest BCUT2D eigenvalue weighted by atomic mass is 10.4. The predicted molar refractivity (Wildman–Crippen MR) is 55.8 cm³/mol. The van der Waals surface area contributed by atoms with Gasteiger partial charge in [-0.1, -0.05) is 0 Å². The summed E-state index contributed by atoms with van der Waals surface area (Å²) in [6, 6.07) is 0. The fourth-order valence-corrected chi connectivity index (χ4v) is 1.70. The predicted octanol–water partition coefficient (Wildman–Crippen LogP) is -0.463. The highest BCUT2D eigenvalue weighted by molar-refractivity contribution is 7.39. The molecule has 86 valence electrons. The highest BCUT2D eigenvalue weighted by Gasteiger charge is 2.11. The van der Waals surface area contributed by atoms with Gasteiger partial charge in [0.25, 0.3) is 0 Å². The zero-order chi connectivity index (χ0) is 11.2. The lowest BCUT2D eigenvalue weighted by molar-refractivity contribution is -0.870. The molecule has 2 atom stereocenters. The summed E-state index contributed by atoms with van der Waals surface area (Å²) in [4.78, 5) is 0. The third kappa shape index (κ3) is 8.66. The normalized spacial score (nSPS) is 16.6. The average molecular weight is 226 g/mol. The average Bonchev–Trinajstić information content (AvgIpc) is 2.01. The van der Waals surface area contributed by atoms with E-state index in [4.69, 9.17) is 14.7 Å². The van der Waals surface area contributed by atoms with Crippen molar-refractivity contribution in [3.8, 4) is 0 Å². The van der Waals surface area contributed by atoms with E-state index in [1.165, 1.54) is 0 Å². The molecule has 0 rings (SSSR count). The first kappa shape index (κ1) is 14.1. The fourth-order valence-electron chi connectivity index (χ4n) is 0.749. The van der Waals surface area contributed by atoms with E-state index in [1.807, 2.05) is 21.1 Å². The molecule has 0 bridgehead atoms. The van der Waals surface area contributed by atoms with Crippen molar-refractivity contribution in [2.45, 2.75) is 6.10 Å². The first-order chi connectivity index (χ1) is 6.35. The molecule has 2 N–H and O–H groups in total. The second kappa shape index (κ2) is 6.53. The van der Waals surface area contributed by atoms with Crippen LogP contribution in [0.1, 0.15) is 0 Å². The van der Waals surface area contributed by atoms with E-state index < -0.39 is 14.1 Å². The highest BCUT2D eigenvalue weighted by atomic mass is 31.1. The van der Waals surface area contributed by atoms with Crippen LogP contribution in [0.5, 0.6) is 0 Å². The molecular weight excluding hydrogens is 205 g/mol. The van der Waals surface area contributed by atoms with E-state index in [0.717, 1.165) is 11.0 Å². The van der Waals surface area contributed by atoms with Crippen molar-refractivity contribution in [3.63, 3.8) is 0 Å². The molecule has 0 fully saturated rings. The Kier molecular flexibility index (Phi) is 6.57. The monoisotopic (exact) mass is 226 g/mol. The van der Waals surface area contributed by atoms with Crippen LogP contribution in [0.15, 0.2) is 0 Å². The molecule has 14 heavy (non-hydrogen) atoms. The van der Waals surface area contributed by atoms with Crippen molar-refractivity contribution in [2.24, 2.45) is 0 Å². The largest absolute Gasteiger partial charge is 0.394 e. The maximum atomic E-state index is 11.2. The van der Waals surface area contributed by atoms with Gasteiger partial charge < -0.3 is 19.2 Å². The zero-order valence-electron chi connectivity index (χ0n) is 9.06. The summed E-state index contributed by atoms with van der Waals surface area (Å²) < 4.78 is 17.0. The Hall–Kier alpha value is 0.0700. The van der Waals surface area contributed by atoms with Gasteiger partial charge in [0, 0.05) is 0 Å². The van der Waals surface area contributed by atoms with Crippen LogP contribution in [0.3, 0.4) is 0 Å². The van der Waals surface area contributed by atoms with Gasteiger partial charge in [-0.05, 0) is 0 Å². The molecule has 0 aromatic rings. The number of rotatable bonds is 7. The third-order valence-corrected chi connectivity index (χ3v) is 2.97. The third-order valence-electron chi connectivity index (χ3n) is 1.64. The molecule has 0 aliphatic heterocycles. The van der Waals surface area contributed by atoms with Crippen LogP contribution in [0.2, 0.25) is 0 Å². The van der Waals surface area contributed by atoms with Gasteiger partial charge in [0.1, 0.15) is 13.2 Å². The molecule has 0 spiro atoms. The van der Waals surface area contributed by atoms with Gasteiger partial charge in [-0.3, -0.25) is 4.57 Å². The second-order valence-electron chi connectivity index (χ2n) is 4.27. The lowest BCUT2D eigenvalue weighted by Gasteiger charge is -2.23. The topological polar surface area (TPSA) is 66.8 Å². The second-order valence-corrected chi connectivity index (χ2v) is 5.72. The maximum Gasteiger partial charge on any atom is 0.194 e. The molecule has 0 aromatic heterocycles. The number of aliphatic hydroxyl groups is 2. The number of quaternary nitrogens is 1. The van der Waals surface area contributed by atoms with Gasteiger partial charge in [0.2, 0.25) is 0 Å². The number of hydrogen-bond donors (Lipinski definition) is 2. The van der Waals surface area contributed by atoms with Gasteiger partial charge in [-0.15, -0.1) is 0 Å². The molecule has 6 heteroatoms. The minimum atomic E-state index is -2.19. The van der Waals surface area contributed by atoms with Crippen molar-refractivity contribution < 1.29 is 23.8 Å². The summed E-state index contributed by atoms with van der Waals surface area (Å²) in [6.45, 7) is 0.820. The maximum absolute atomic E-state index is 11.2. The molecule has 0 radical (unpaired) electrons. The summed E-state index contributed by atoms with van der Waals surface area (Å²) >= 11 is 0. The van der Waals surface area contributed by atoms with Crippen molar-refractivity contribution in [1.29, 1.82) is 0 Å². The minimum absolute atomic E-state index is 0.0400. The highest BCUT2D eigenvalue weighted by Crippen LogP contribution is 2.22. The van der Waals surface area contributed by atoms with Crippen molar-refractivity contribution >= 4 is 8.03 Å². The van der Waals surface area contributed by atoms with Crippen LogP contribution in [0.25, 0.3) is 0 Å². The van der Waals surface area contributed by atoms with Crippen LogP contribution in [-0.2, 0) is 9.09 Å². The molecule has 0 saturated heterocycles. The smallest absolute Gasteiger partial charge is 0.194 e. The van der Waals surface area contributed by atoms with E-state index in [9.17, 15) is 4.57 Å². The van der Waals surface area contributed by atoms with Gasteiger partial charge in [-0.2, -0.15) is 0 Å². The Labute approximate surface area is 85.8 Å². The van der Waals surface area contributed by atoms with E-state index in [2.05, 4.69) is 0 Å². The van der Waals surface area contributed by atoms with Crippen LogP contribution in [0, 0.1) is 0 Å². The molecule has 2 unspecified atom stereocenters. The molecule has 0 saturated carbocycles. The van der Waals surface area contributed by atoms with Gasteiger partial charge in [0.05, 0.1) is 40.0 Å². The molecule has 0 aliphatic rings. The van der Waals surface area contributed by atoms with Crippen LogP contribution in [-0.4, -0.2) is 67.9 Å². The van der Waals surface area contributed by atoms with E-state index >= 15 is 0 Å². The Morgan fingerprint density at radius 2 is 2.00 bits per heavy atom. The van der Waals surface area contributed by atoms with E-state index in [0.29, 0.717) is 6.61 Å². The Morgan fingerprint density at radius 3 is 2.43 bits per heavy atom. The van der Waals surface area contributed by atoms with E-state index in [-0.39, 0.29) is 12.8 Å². The van der Waals surface area contributed by atoms with Crippen LogP contribution >= 0.6 is 8.03 Å². The molecular formula is C8H21NO4P+. The standard InChI is InChI=1S/C8H21NO4P/c1-9(2,3)4-5-13-14(12)7-8(11)6-10/h8,10-11,14H,4-7H2,1-3H3/q+1. The molecule has 0 aromatic carbocycles. The quantitative estimate of drug-likeness (QED) is 0.455. The number of aliphatic hydroxyl groups excluding tert-OH is 2. The van der Waals surface area contributed by atoms with Crippen LogP contribution < -0.4 is 0 Å². The minimum Gasteiger partial charge on any atom is -0.394 e. The number of likely N-dealkylation sites (N-methyl/N-ethyl adjacent to an activating group) is 1. The Balaban J connectivity index is 3.55. The first-order valence-electron chi connectivity index (χ1n) is 4.60. The molecule has 0 amide bonds. The van der Waals surface area contributed by atoms with Gasteiger partial charge in [-0.25, -0.2) is 0 Å². The molecule has 5 nitrogen and oxygen atoms in total. The fraction of sp³-hybridized carbons (Fsp3) is 1.00. The van der Waals surface area contributed by atoms with Crippen LogP contribution in [0.4, 0.5) is 0 Å². The summed E-state index contributed by atoms with van der Waals surface area (Å²) in [6.07, 6.45) is -0.885. The molecule has 0 heterocycles. The summed E-state index contributed by atoms with van der Waals surface area (Å²) in [5.74, 6) is 0.